The summed E-state index contributed by atoms with van der Waals surface area (Å²) in [6.07, 6.45) is 0. The van der Waals surface area contributed by atoms with Gasteiger partial charge in [0, 0.05) is 12.6 Å². The Bertz CT molecular complexity index is 322. The van der Waals surface area contributed by atoms with Crippen molar-refractivity contribution < 1.29 is 9.53 Å². The average Bonchev–Trinajstić information content (AvgIpc) is 2.29. The zero-order valence-electron chi connectivity index (χ0n) is 10.1. The number of hydrogen-bond acceptors (Lipinski definition) is 3. The van der Waals surface area contributed by atoms with Gasteiger partial charge in [-0.1, -0.05) is 30.3 Å². The molecule has 1 aromatic rings. The smallest absolute Gasteiger partial charge is 0.319 e. The van der Waals surface area contributed by atoms with E-state index >= 15 is 0 Å². The fourth-order valence-corrected chi connectivity index (χ4v) is 1.47. The maximum absolute atomic E-state index is 11.3. The molecule has 0 aliphatic carbocycles. The summed E-state index contributed by atoms with van der Waals surface area (Å²) in [5.74, 6) is -0.190. The fourth-order valence-electron chi connectivity index (χ4n) is 1.47. The molecule has 0 aliphatic heterocycles. The lowest BCUT2D eigenvalue weighted by Crippen LogP contribution is -2.35. The van der Waals surface area contributed by atoms with Gasteiger partial charge in [0.1, 0.15) is 0 Å². The molecule has 0 fully saturated rings. The second-order valence-corrected chi connectivity index (χ2v) is 4.06. The second kappa shape index (κ2) is 6.28. The summed E-state index contributed by atoms with van der Waals surface area (Å²) in [6.45, 7) is 5.26. The highest BCUT2D eigenvalue weighted by molar-refractivity contribution is 5.71. The lowest BCUT2D eigenvalue weighted by Gasteiger charge is -2.25. The minimum atomic E-state index is -0.190. The van der Waals surface area contributed by atoms with Crippen LogP contribution in [0.25, 0.3) is 0 Å². The molecule has 88 valence electrons. The highest BCUT2D eigenvalue weighted by atomic mass is 16.5. The van der Waals surface area contributed by atoms with Crippen molar-refractivity contribution in [1.29, 1.82) is 0 Å². The summed E-state index contributed by atoms with van der Waals surface area (Å²) in [5, 5.41) is 0. The number of esters is 1. The standard InChI is InChI=1S/C13H19NO2/c1-11(2)14(10-13(15)16-3)9-12-7-5-4-6-8-12/h4-8,11H,9-10H2,1-3H3. The summed E-state index contributed by atoms with van der Waals surface area (Å²) in [6, 6.07) is 10.4. The van der Waals surface area contributed by atoms with Crippen LogP contribution in [-0.2, 0) is 16.1 Å². The predicted molar refractivity (Wildman–Crippen MR) is 64.0 cm³/mol. The molecule has 0 saturated heterocycles. The Balaban J connectivity index is 2.62. The third kappa shape index (κ3) is 4.03. The number of nitrogens with zero attached hydrogens (tertiary/aromatic N) is 1. The number of carbonyl (C=O) groups is 1. The molecule has 0 spiro atoms. The molecule has 0 radical (unpaired) electrons. The second-order valence-electron chi connectivity index (χ2n) is 4.06. The van der Waals surface area contributed by atoms with E-state index < -0.39 is 0 Å². The van der Waals surface area contributed by atoms with Gasteiger partial charge in [-0.05, 0) is 19.4 Å². The van der Waals surface area contributed by atoms with Crippen LogP contribution < -0.4 is 0 Å². The Hall–Kier alpha value is -1.35. The largest absolute Gasteiger partial charge is 0.468 e. The summed E-state index contributed by atoms with van der Waals surface area (Å²) in [7, 11) is 1.42. The van der Waals surface area contributed by atoms with Gasteiger partial charge in [-0.25, -0.2) is 0 Å². The van der Waals surface area contributed by atoms with Gasteiger partial charge in [-0.3, -0.25) is 9.69 Å². The summed E-state index contributed by atoms with van der Waals surface area (Å²) in [4.78, 5) is 13.3. The van der Waals surface area contributed by atoms with Crippen LogP contribution in [0.4, 0.5) is 0 Å². The van der Waals surface area contributed by atoms with Gasteiger partial charge in [0.15, 0.2) is 0 Å². The molecule has 0 N–H and O–H groups in total. The molecule has 0 atom stereocenters. The first-order valence-corrected chi connectivity index (χ1v) is 5.48. The average molecular weight is 221 g/mol. The minimum Gasteiger partial charge on any atom is -0.468 e. The summed E-state index contributed by atoms with van der Waals surface area (Å²) >= 11 is 0. The van der Waals surface area contributed by atoms with Gasteiger partial charge < -0.3 is 4.74 Å². The quantitative estimate of drug-likeness (QED) is 0.713. The van der Waals surface area contributed by atoms with E-state index in [2.05, 4.69) is 35.6 Å². The van der Waals surface area contributed by atoms with E-state index in [0.29, 0.717) is 12.6 Å². The topological polar surface area (TPSA) is 29.5 Å². The van der Waals surface area contributed by atoms with Crippen LogP contribution in [0.15, 0.2) is 30.3 Å². The number of hydrogen-bond donors (Lipinski definition) is 0. The molecule has 1 rings (SSSR count). The van der Waals surface area contributed by atoms with E-state index in [1.807, 2.05) is 18.2 Å². The highest BCUT2D eigenvalue weighted by Crippen LogP contribution is 2.07. The first-order chi connectivity index (χ1) is 7.63. The molecule has 0 unspecified atom stereocenters. The van der Waals surface area contributed by atoms with Crippen LogP contribution in [0.2, 0.25) is 0 Å². The van der Waals surface area contributed by atoms with Crippen molar-refractivity contribution in [3.63, 3.8) is 0 Å². The molecule has 16 heavy (non-hydrogen) atoms. The van der Waals surface area contributed by atoms with Crippen molar-refractivity contribution in [2.45, 2.75) is 26.4 Å². The van der Waals surface area contributed by atoms with Crippen LogP contribution in [0, 0.1) is 0 Å². The van der Waals surface area contributed by atoms with Crippen LogP contribution in [-0.4, -0.2) is 30.6 Å². The molecule has 0 bridgehead atoms. The molecule has 0 heterocycles. The summed E-state index contributed by atoms with van der Waals surface area (Å²) < 4.78 is 4.69. The van der Waals surface area contributed by atoms with Crippen LogP contribution in [0.1, 0.15) is 19.4 Å². The maximum atomic E-state index is 11.3. The molecule has 3 nitrogen and oxygen atoms in total. The van der Waals surface area contributed by atoms with E-state index in [1.165, 1.54) is 12.7 Å². The first-order valence-electron chi connectivity index (χ1n) is 5.48. The van der Waals surface area contributed by atoms with Crippen molar-refractivity contribution in [2.75, 3.05) is 13.7 Å². The van der Waals surface area contributed by atoms with E-state index in [-0.39, 0.29) is 5.97 Å². The van der Waals surface area contributed by atoms with Crippen LogP contribution >= 0.6 is 0 Å². The number of methoxy groups -OCH3 is 1. The lowest BCUT2D eigenvalue weighted by atomic mass is 10.2. The molecular formula is C13H19NO2. The molecular weight excluding hydrogens is 202 g/mol. The normalized spacial score (nSPS) is 10.8. The third-order valence-electron chi connectivity index (χ3n) is 2.52. The molecule has 0 aliphatic rings. The predicted octanol–water partition coefficient (Wildman–Crippen LogP) is 2.07. The highest BCUT2D eigenvalue weighted by Gasteiger charge is 2.14. The van der Waals surface area contributed by atoms with Crippen molar-refractivity contribution in [2.24, 2.45) is 0 Å². The monoisotopic (exact) mass is 221 g/mol. The van der Waals surface area contributed by atoms with E-state index in [1.54, 1.807) is 0 Å². The van der Waals surface area contributed by atoms with E-state index in [4.69, 9.17) is 0 Å². The van der Waals surface area contributed by atoms with E-state index in [9.17, 15) is 4.79 Å². The van der Waals surface area contributed by atoms with Gasteiger partial charge in [0.05, 0.1) is 13.7 Å². The van der Waals surface area contributed by atoms with Crippen LogP contribution in [0.5, 0.6) is 0 Å². The molecule has 3 heteroatoms. The number of benzene rings is 1. The first kappa shape index (κ1) is 12.7. The van der Waals surface area contributed by atoms with Gasteiger partial charge in [0.25, 0.3) is 0 Å². The SMILES string of the molecule is COC(=O)CN(Cc1ccccc1)C(C)C. The Kier molecular flexibility index (Phi) is 4.99. The Morgan fingerprint density at radius 3 is 2.44 bits per heavy atom. The Morgan fingerprint density at radius 1 is 1.31 bits per heavy atom. The van der Waals surface area contributed by atoms with Gasteiger partial charge in [0.2, 0.25) is 0 Å². The zero-order valence-corrected chi connectivity index (χ0v) is 10.1. The number of ether oxygens (including phenoxy) is 1. The minimum absolute atomic E-state index is 0.190. The van der Waals surface area contributed by atoms with E-state index in [0.717, 1.165) is 6.54 Å². The van der Waals surface area contributed by atoms with Crippen LogP contribution in [0.3, 0.4) is 0 Å². The fraction of sp³-hybridized carbons (Fsp3) is 0.462. The van der Waals surface area contributed by atoms with Crippen molar-refractivity contribution >= 4 is 5.97 Å². The van der Waals surface area contributed by atoms with Crippen molar-refractivity contribution in [3.05, 3.63) is 35.9 Å². The summed E-state index contributed by atoms with van der Waals surface area (Å²) in [5.41, 5.74) is 1.21. The Labute approximate surface area is 97.0 Å². The maximum Gasteiger partial charge on any atom is 0.319 e. The Morgan fingerprint density at radius 2 is 1.94 bits per heavy atom. The molecule has 0 aromatic heterocycles. The molecule has 1 aromatic carbocycles. The lowest BCUT2D eigenvalue weighted by molar-refractivity contribution is -0.142. The van der Waals surface area contributed by atoms with Crippen molar-refractivity contribution in [1.82, 2.24) is 4.90 Å². The van der Waals surface area contributed by atoms with Gasteiger partial charge in [-0.15, -0.1) is 0 Å². The van der Waals surface area contributed by atoms with Gasteiger partial charge in [-0.2, -0.15) is 0 Å². The number of carbonyl (C=O) groups excluding carboxylic acids is 1. The number of rotatable bonds is 5. The molecule has 0 saturated carbocycles. The van der Waals surface area contributed by atoms with Crippen molar-refractivity contribution in [3.8, 4) is 0 Å². The molecule has 0 amide bonds. The zero-order chi connectivity index (χ0) is 12.0. The van der Waals surface area contributed by atoms with Gasteiger partial charge >= 0.3 is 5.97 Å². The third-order valence-corrected chi connectivity index (χ3v) is 2.52.